The second-order valence-corrected chi connectivity index (χ2v) is 6.45. The Hall–Kier alpha value is -0.160. The SMILES string of the molecule is CC1NCCCN1CCCCCCN1CCCNC1C. The molecule has 0 radical (unpaired) electrons. The topological polar surface area (TPSA) is 30.5 Å². The molecule has 20 heavy (non-hydrogen) atoms. The lowest BCUT2D eigenvalue weighted by Crippen LogP contribution is -2.49. The largest absolute Gasteiger partial charge is 0.302 e. The summed E-state index contributed by atoms with van der Waals surface area (Å²) in [6.07, 6.45) is 9.29. The molecule has 0 amide bonds. The lowest BCUT2D eigenvalue weighted by Gasteiger charge is -2.34. The quantitative estimate of drug-likeness (QED) is 0.698. The van der Waals surface area contributed by atoms with Gasteiger partial charge in [0, 0.05) is 13.1 Å². The highest BCUT2D eigenvalue weighted by Gasteiger charge is 2.17. The zero-order valence-corrected chi connectivity index (χ0v) is 13.5. The Morgan fingerprint density at radius 1 is 0.750 bits per heavy atom. The Morgan fingerprint density at radius 3 is 1.60 bits per heavy atom. The minimum absolute atomic E-state index is 0.587. The van der Waals surface area contributed by atoms with Crippen LogP contribution in [0.25, 0.3) is 0 Å². The third-order valence-corrected chi connectivity index (χ3v) is 4.86. The number of hydrogen-bond acceptors (Lipinski definition) is 4. The van der Waals surface area contributed by atoms with Crippen LogP contribution in [0.4, 0.5) is 0 Å². The Bertz CT molecular complexity index is 233. The monoisotopic (exact) mass is 282 g/mol. The summed E-state index contributed by atoms with van der Waals surface area (Å²) >= 11 is 0. The average molecular weight is 282 g/mol. The van der Waals surface area contributed by atoms with Gasteiger partial charge < -0.3 is 10.6 Å². The maximum Gasteiger partial charge on any atom is 0.0567 e. The van der Waals surface area contributed by atoms with Crippen molar-refractivity contribution in [1.82, 2.24) is 20.4 Å². The van der Waals surface area contributed by atoms with Gasteiger partial charge in [-0.3, -0.25) is 9.80 Å². The highest BCUT2D eigenvalue weighted by molar-refractivity contribution is 4.72. The van der Waals surface area contributed by atoms with Crippen molar-refractivity contribution in [2.75, 3.05) is 39.3 Å². The first kappa shape index (κ1) is 16.2. The van der Waals surface area contributed by atoms with Gasteiger partial charge in [0.25, 0.3) is 0 Å². The van der Waals surface area contributed by atoms with Crippen molar-refractivity contribution >= 4 is 0 Å². The van der Waals surface area contributed by atoms with E-state index < -0.39 is 0 Å². The fraction of sp³-hybridized carbons (Fsp3) is 1.00. The zero-order chi connectivity index (χ0) is 14.2. The van der Waals surface area contributed by atoms with Crippen LogP contribution in [0.3, 0.4) is 0 Å². The molecule has 4 heteroatoms. The van der Waals surface area contributed by atoms with E-state index in [0.717, 1.165) is 0 Å². The highest BCUT2D eigenvalue weighted by Crippen LogP contribution is 2.10. The third-order valence-electron chi connectivity index (χ3n) is 4.86. The number of nitrogens with zero attached hydrogens (tertiary/aromatic N) is 2. The minimum Gasteiger partial charge on any atom is -0.302 e. The van der Waals surface area contributed by atoms with E-state index in [1.807, 2.05) is 0 Å². The highest BCUT2D eigenvalue weighted by atomic mass is 15.3. The Balaban J connectivity index is 1.47. The molecule has 0 aromatic rings. The Kier molecular flexibility index (Phi) is 7.28. The van der Waals surface area contributed by atoms with Gasteiger partial charge in [-0.2, -0.15) is 0 Å². The Labute approximate surface area is 125 Å². The molecule has 4 nitrogen and oxygen atoms in total. The molecule has 2 saturated heterocycles. The molecular weight excluding hydrogens is 248 g/mol. The lowest BCUT2D eigenvalue weighted by atomic mass is 10.1. The van der Waals surface area contributed by atoms with Crippen LogP contribution in [0, 0.1) is 0 Å². The summed E-state index contributed by atoms with van der Waals surface area (Å²) in [6, 6.07) is 0. The summed E-state index contributed by atoms with van der Waals surface area (Å²) in [5.41, 5.74) is 0. The molecule has 2 fully saturated rings. The van der Waals surface area contributed by atoms with E-state index in [2.05, 4.69) is 34.3 Å². The van der Waals surface area contributed by atoms with Crippen LogP contribution in [0.2, 0.25) is 0 Å². The van der Waals surface area contributed by atoms with E-state index in [9.17, 15) is 0 Å². The molecule has 2 atom stereocenters. The van der Waals surface area contributed by atoms with Crippen molar-refractivity contribution in [2.45, 2.75) is 64.7 Å². The van der Waals surface area contributed by atoms with Crippen molar-refractivity contribution in [3.63, 3.8) is 0 Å². The fourth-order valence-corrected chi connectivity index (χ4v) is 3.43. The predicted octanol–water partition coefficient (Wildman–Crippen LogP) is 1.83. The molecule has 0 bridgehead atoms. The lowest BCUT2D eigenvalue weighted by molar-refractivity contribution is 0.135. The summed E-state index contributed by atoms with van der Waals surface area (Å²) in [4.78, 5) is 5.19. The van der Waals surface area contributed by atoms with Gasteiger partial charge in [0.15, 0.2) is 0 Å². The number of unbranched alkanes of at least 4 members (excludes halogenated alkanes) is 3. The first-order chi connectivity index (χ1) is 9.77. The summed E-state index contributed by atoms with van der Waals surface area (Å²) in [5.74, 6) is 0. The van der Waals surface area contributed by atoms with Crippen LogP contribution in [-0.2, 0) is 0 Å². The van der Waals surface area contributed by atoms with E-state index in [1.165, 1.54) is 77.8 Å². The van der Waals surface area contributed by atoms with Crippen LogP contribution in [0.1, 0.15) is 52.4 Å². The number of rotatable bonds is 7. The van der Waals surface area contributed by atoms with Crippen LogP contribution in [-0.4, -0.2) is 61.4 Å². The van der Waals surface area contributed by atoms with Crippen LogP contribution < -0.4 is 10.6 Å². The predicted molar refractivity (Wildman–Crippen MR) is 85.8 cm³/mol. The molecule has 2 heterocycles. The van der Waals surface area contributed by atoms with Crippen molar-refractivity contribution < 1.29 is 0 Å². The second-order valence-electron chi connectivity index (χ2n) is 6.45. The molecule has 2 N–H and O–H groups in total. The molecule has 2 rings (SSSR count). The average Bonchev–Trinajstić information content (AvgIpc) is 2.46. The maximum absolute atomic E-state index is 3.54. The molecule has 0 aromatic heterocycles. The Morgan fingerprint density at radius 2 is 1.20 bits per heavy atom. The fourth-order valence-electron chi connectivity index (χ4n) is 3.43. The summed E-state index contributed by atoms with van der Waals surface area (Å²) in [5, 5.41) is 7.09. The summed E-state index contributed by atoms with van der Waals surface area (Å²) in [7, 11) is 0. The zero-order valence-electron chi connectivity index (χ0n) is 13.5. The minimum atomic E-state index is 0.587. The van der Waals surface area contributed by atoms with Crippen molar-refractivity contribution in [1.29, 1.82) is 0 Å². The van der Waals surface area contributed by atoms with E-state index in [1.54, 1.807) is 0 Å². The first-order valence-corrected chi connectivity index (χ1v) is 8.72. The van der Waals surface area contributed by atoms with Crippen LogP contribution in [0.15, 0.2) is 0 Å². The van der Waals surface area contributed by atoms with Gasteiger partial charge in [-0.05, 0) is 65.7 Å². The maximum atomic E-state index is 3.54. The molecule has 118 valence electrons. The smallest absolute Gasteiger partial charge is 0.0567 e. The second kappa shape index (κ2) is 8.98. The van der Waals surface area contributed by atoms with Gasteiger partial charge in [-0.15, -0.1) is 0 Å². The molecular formula is C16H34N4. The van der Waals surface area contributed by atoms with Crippen molar-refractivity contribution in [3.05, 3.63) is 0 Å². The van der Waals surface area contributed by atoms with Gasteiger partial charge in [0.05, 0.1) is 12.3 Å². The summed E-state index contributed by atoms with van der Waals surface area (Å²) in [6.45, 7) is 12.1. The number of nitrogens with one attached hydrogen (secondary N) is 2. The number of hydrogen-bond donors (Lipinski definition) is 2. The van der Waals surface area contributed by atoms with Gasteiger partial charge in [0.1, 0.15) is 0 Å². The molecule has 0 aliphatic carbocycles. The molecule has 0 saturated carbocycles. The van der Waals surface area contributed by atoms with Gasteiger partial charge in [-0.25, -0.2) is 0 Å². The molecule has 2 aliphatic heterocycles. The molecule has 0 aromatic carbocycles. The standard InChI is InChI=1S/C16H34N4/c1-15-17-9-7-13-19(15)11-5-3-4-6-12-20-14-8-10-18-16(20)2/h15-18H,3-14H2,1-2H3. The van der Waals surface area contributed by atoms with Gasteiger partial charge in [0.2, 0.25) is 0 Å². The van der Waals surface area contributed by atoms with Crippen molar-refractivity contribution in [3.8, 4) is 0 Å². The van der Waals surface area contributed by atoms with E-state index >= 15 is 0 Å². The molecule has 0 spiro atoms. The van der Waals surface area contributed by atoms with Crippen LogP contribution >= 0.6 is 0 Å². The normalized spacial score (nSPS) is 29.7. The summed E-state index contributed by atoms with van der Waals surface area (Å²) < 4.78 is 0. The van der Waals surface area contributed by atoms with E-state index in [4.69, 9.17) is 0 Å². The van der Waals surface area contributed by atoms with Gasteiger partial charge in [-0.1, -0.05) is 12.8 Å². The third kappa shape index (κ3) is 5.32. The van der Waals surface area contributed by atoms with E-state index in [0.29, 0.717) is 12.3 Å². The van der Waals surface area contributed by atoms with Crippen LogP contribution in [0.5, 0.6) is 0 Å². The first-order valence-electron chi connectivity index (χ1n) is 8.72. The molecule has 2 aliphatic rings. The van der Waals surface area contributed by atoms with Crippen molar-refractivity contribution in [2.24, 2.45) is 0 Å². The van der Waals surface area contributed by atoms with E-state index in [-0.39, 0.29) is 0 Å². The molecule has 2 unspecified atom stereocenters. The van der Waals surface area contributed by atoms with Gasteiger partial charge >= 0.3 is 0 Å².